The van der Waals surface area contributed by atoms with Crippen molar-refractivity contribution in [3.63, 3.8) is 0 Å². The Kier molecular flexibility index (Phi) is 3.74. The molecule has 0 spiro atoms. The van der Waals surface area contributed by atoms with Gasteiger partial charge in [0.2, 0.25) is 0 Å². The zero-order valence-corrected chi connectivity index (χ0v) is 10.8. The van der Waals surface area contributed by atoms with Crippen molar-refractivity contribution in [3.8, 4) is 11.4 Å². The maximum atomic E-state index is 13.2. The Morgan fingerprint density at radius 3 is 2.18 bits per heavy atom. The minimum atomic E-state index is -5.00. The zero-order chi connectivity index (χ0) is 16.7. The van der Waals surface area contributed by atoms with Crippen LogP contribution in [0.5, 0.6) is 0 Å². The van der Waals surface area contributed by atoms with Gasteiger partial charge in [0.25, 0.3) is 5.56 Å². The highest BCUT2D eigenvalue weighted by molar-refractivity contribution is 5.61. The third-order valence-corrected chi connectivity index (χ3v) is 2.72. The first-order valence-corrected chi connectivity index (χ1v) is 5.73. The first kappa shape index (κ1) is 15.7. The number of aromatic nitrogens is 2. The molecule has 0 atom stereocenters. The van der Waals surface area contributed by atoms with Crippen LogP contribution < -0.4 is 11.3 Å². The van der Waals surface area contributed by atoms with Crippen molar-refractivity contribution in [2.24, 2.45) is 0 Å². The lowest BCUT2D eigenvalue weighted by Crippen LogP contribution is -2.27. The Morgan fingerprint density at radius 1 is 1.18 bits per heavy atom. The van der Waals surface area contributed by atoms with E-state index in [0.717, 1.165) is 18.3 Å². The van der Waals surface area contributed by atoms with Crippen LogP contribution in [0.1, 0.15) is 5.69 Å². The van der Waals surface area contributed by atoms with Gasteiger partial charge in [-0.15, -0.1) is 0 Å². The molecule has 0 aliphatic heterocycles. The van der Waals surface area contributed by atoms with Crippen LogP contribution in [0, 0.1) is 11.6 Å². The van der Waals surface area contributed by atoms with Crippen LogP contribution in [0.15, 0.2) is 29.6 Å². The molecule has 1 heterocycles. The fraction of sp³-hybridized carbons (Fsp3) is 0.0769. The first-order valence-electron chi connectivity index (χ1n) is 5.73. The summed E-state index contributed by atoms with van der Waals surface area (Å²) in [7, 11) is 0. The molecule has 0 unspecified atom stereocenters. The van der Waals surface area contributed by atoms with Gasteiger partial charge in [0.05, 0.1) is 0 Å². The van der Waals surface area contributed by atoms with E-state index in [2.05, 4.69) is 11.6 Å². The number of hydrogen-bond acceptors (Lipinski definition) is 3. The molecule has 2 N–H and O–H groups in total. The third kappa shape index (κ3) is 2.69. The number of rotatable bonds is 2. The van der Waals surface area contributed by atoms with Gasteiger partial charge >= 0.3 is 6.18 Å². The second-order valence-corrected chi connectivity index (χ2v) is 4.21. The van der Waals surface area contributed by atoms with Gasteiger partial charge in [0, 0.05) is 17.8 Å². The maximum Gasteiger partial charge on any atom is 0.435 e. The summed E-state index contributed by atoms with van der Waals surface area (Å²) in [5, 5.41) is 0. The molecule has 0 radical (unpaired) electrons. The van der Waals surface area contributed by atoms with Gasteiger partial charge in [-0.05, 0) is 12.1 Å². The van der Waals surface area contributed by atoms with E-state index in [1.807, 2.05) is 0 Å². The van der Waals surface area contributed by atoms with Crippen LogP contribution in [-0.4, -0.2) is 9.55 Å². The third-order valence-electron chi connectivity index (χ3n) is 2.72. The van der Waals surface area contributed by atoms with Crippen LogP contribution in [0.4, 0.5) is 27.6 Å². The number of benzene rings is 1. The van der Waals surface area contributed by atoms with E-state index in [1.165, 1.54) is 0 Å². The van der Waals surface area contributed by atoms with Crippen molar-refractivity contribution >= 4 is 11.9 Å². The molecule has 0 saturated heterocycles. The number of nitrogens with two attached hydrogens (primary N) is 1. The van der Waals surface area contributed by atoms with Crippen molar-refractivity contribution in [2.75, 3.05) is 5.73 Å². The summed E-state index contributed by atoms with van der Waals surface area (Å²) in [5.74, 6) is -2.70. The topological polar surface area (TPSA) is 60.9 Å². The maximum absolute atomic E-state index is 13.2. The highest BCUT2D eigenvalue weighted by Crippen LogP contribution is 2.32. The number of alkyl halides is 3. The Labute approximate surface area is 120 Å². The molecule has 2 aromatic rings. The lowest BCUT2D eigenvalue weighted by atomic mass is 10.2. The second kappa shape index (κ2) is 5.24. The smallest absolute Gasteiger partial charge is 0.392 e. The lowest BCUT2D eigenvalue weighted by Gasteiger charge is -2.14. The number of nitrogens with zero attached hydrogens (tertiary/aromatic N) is 2. The lowest BCUT2D eigenvalue weighted by molar-refractivity contribution is -0.140. The van der Waals surface area contributed by atoms with E-state index in [-0.39, 0.29) is 5.56 Å². The van der Waals surface area contributed by atoms with E-state index in [4.69, 9.17) is 5.73 Å². The molecule has 1 aromatic carbocycles. The summed E-state index contributed by atoms with van der Waals surface area (Å²) < 4.78 is 65.6. The predicted molar refractivity (Wildman–Crippen MR) is 69.7 cm³/mol. The van der Waals surface area contributed by atoms with Gasteiger partial charge < -0.3 is 5.73 Å². The number of nitrogen functional groups attached to an aromatic ring is 1. The molecule has 2 rings (SSSR count). The summed E-state index contributed by atoms with van der Waals surface area (Å²) in [4.78, 5) is 15.1. The molecular weight excluding hydrogens is 309 g/mol. The quantitative estimate of drug-likeness (QED) is 0.866. The van der Waals surface area contributed by atoms with Crippen molar-refractivity contribution in [1.29, 1.82) is 0 Å². The Balaban J connectivity index is 2.88. The molecule has 0 aliphatic carbocycles. The second-order valence-electron chi connectivity index (χ2n) is 4.21. The number of hydrogen-bond donors (Lipinski definition) is 1. The first-order chi connectivity index (χ1) is 10.1. The molecule has 0 aliphatic rings. The monoisotopic (exact) mass is 317 g/mol. The van der Waals surface area contributed by atoms with Crippen molar-refractivity contribution in [2.45, 2.75) is 6.18 Å². The van der Waals surface area contributed by atoms with E-state index in [1.54, 1.807) is 0 Å². The summed E-state index contributed by atoms with van der Waals surface area (Å²) in [6, 6.07) is 2.00. The Morgan fingerprint density at radius 2 is 1.73 bits per heavy atom. The summed E-state index contributed by atoms with van der Waals surface area (Å²) in [6.45, 7) is 3.25. The largest absolute Gasteiger partial charge is 0.435 e. The van der Waals surface area contributed by atoms with Crippen LogP contribution in [0.25, 0.3) is 17.6 Å². The molecule has 0 bridgehead atoms. The van der Waals surface area contributed by atoms with Crippen molar-refractivity contribution in [1.82, 2.24) is 9.55 Å². The van der Waals surface area contributed by atoms with Gasteiger partial charge in [0.1, 0.15) is 23.1 Å². The van der Waals surface area contributed by atoms with E-state index >= 15 is 0 Å². The Bertz CT molecular complexity index is 790. The SMILES string of the molecule is C=Cn1c(-c2cc(F)cc(F)c2)nc(C(F)(F)F)c(N)c1=O. The van der Waals surface area contributed by atoms with Crippen LogP contribution in [0.3, 0.4) is 0 Å². The highest BCUT2D eigenvalue weighted by Gasteiger charge is 2.37. The molecule has 22 heavy (non-hydrogen) atoms. The minimum absolute atomic E-state index is 0.361. The van der Waals surface area contributed by atoms with Gasteiger partial charge in [-0.25, -0.2) is 13.8 Å². The van der Waals surface area contributed by atoms with Gasteiger partial charge in [-0.3, -0.25) is 9.36 Å². The predicted octanol–water partition coefficient (Wildman–Crippen LogP) is 2.89. The zero-order valence-electron chi connectivity index (χ0n) is 10.8. The molecule has 9 heteroatoms. The number of halogens is 5. The average Bonchev–Trinajstić information content (AvgIpc) is 2.38. The molecule has 0 fully saturated rings. The van der Waals surface area contributed by atoms with Crippen LogP contribution >= 0.6 is 0 Å². The van der Waals surface area contributed by atoms with Crippen LogP contribution in [0.2, 0.25) is 0 Å². The van der Waals surface area contributed by atoms with Gasteiger partial charge in [0.15, 0.2) is 5.69 Å². The highest BCUT2D eigenvalue weighted by atomic mass is 19.4. The molecule has 0 amide bonds. The molecule has 116 valence electrons. The fourth-order valence-corrected chi connectivity index (χ4v) is 1.82. The molecular formula is C13H8F5N3O. The molecule has 4 nitrogen and oxygen atoms in total. The normalized spacial score (nSPS) is 11.5. The number of anilines is 1. The average molecular weight is 317 g/mol. The molecule has 1 aromatic heterocycles. The fourth-order valence-electron chi connectivity index (χ4n) is 1.82. The minimum Gasteiger partial charge on any atom is -0.392 e. The standard InChI is InChI=1S/C13H8F5N3O/c1-2-21-11(6-3-7(14)5-8(15)4-6)20-10(13(16,17)18)9(19)12(21)22/h2-5H,1,19H2. The van der Waals surface area contributed by atoms with E-state index < -0.39 is 40.6 Å². The van der Waals surface area contributed by atoms with Crippen molar-refractivity contribution < 1.29 is 22.0 Å². The summed E-state index contributed by atoms with van der Waals surface area (Å²) >= 11 is 0. The summed E-state index contributed by atoms with van der Waals surface area (Å²) in [5.41, 5.74) is 0.779. The van der Waals surface area contributed by atoms with Gasteiger partial charge in [-0.2, -0.15) is 13.2 Å². The molecule has 0 saturated carbocycles. The van der Waals surface area contributed by atoms with E-state index in [9.17, 15) is 26.7 Å². The van der Waals surface area contributed by atoms with Crippen LogP contribution in [-0.2, 0) is 6.18 Å². The van der Waals surface area contributed by atoms with Crippen molar-refractivity contribution in [3.05, 3.63) is 52.5 Å². The van der Waals surface area contributed by atoms with E-state index in [0.29, 0.717) is 10.6 Å². The summed E-state index contributed by atoms with van der Waals surface area (Å²) in [6.07, 6.45) is -4.14. The van der Waals surface area contributed by atoms with Gasteiger partial charge in [-0.1, -0.05) is 6.58 Å². The Hall–Kier alpha value is -2.71.